The number of unbranched alkanes of at least 4 members (excludes halogenated alkanes) is 1. The molecule has 0 atom stereocenters. The van der Waals surface area contributed by atoms with Crippen LogP contribution in [-0.4, -0.2) is 94.2 Å². The SMILES string of the molecule is C=C(C)C(=O)OCC(CCCC)(COC(=O)C(=C)C)C(=O)OCCS(=O)(=O)O.[CaH2]. The molecule has 0 aromatic rings. The molecule has 0 fully saturated rings. The van der Waals surface area contributed by atoms with Crippen molar-refractivity contribution in [3.63, 3.8) is 0 Å². The predicted octanol–water partition coefficient (Wildman–Crippen LogP) is 0.916. The van der Waals surface area contributed by atoms with E-state index < -0.39 is 59.0 Å². The van der Waals surface area contributed by atoms with Gasteiger partial charge in [0.1, 0.15) is 31.0 Å². The Hall–Kier alpha value is -0.940. The van der Waals surface area contributed by atoms with Crippen molar-refractivity contribution in [1.29, 1.82) is 0 Å². The Kier molecular flexibility index (Phi) is 14.7. The van der Waals surface area contributed by atoms with Crippen LogP contribution in [0, 0.1) is 5.41 Å². The summed E-state index contributed by atoms with van der Waals surface area (Å²) in [5.41, 5.74) is -1.31. The third kappa shape index (κ3) is 12.4. The van der Waals surface area contributed by atoms with Gasteiger partial charge < -0.3 is 14.2 Å². The van der Waals surface area contributed by atoms with Crippen molar-refractivity contribution in [2.45, 2.75) is 40.0 Å². The summed E-state index contributed by atoms with van der Waals surface area (Å²) in [7, 11) is -4.33. The van der Waals surface area contributed by atoms with E-state index in [1.807, 2.05) is 6.92 Å². The molecule has 0 unspecified atom stereocenters. The van der Waals surface area contributed by atoms with Crippen LogP contribution in [-0.2, 0) is 38.7 Å². The Morgan fingerprint density at radius 1 is 0.966 bits per heavy atom. The van der Waals surface area contributed by atoms with Gasteiger partial charge in [0.2, 0.25) is 0 Å². The molecule has 0 rings (SSSR count). The summed E-state index contributed by atoms with van der Waals surface area (Å²) >= 11 is 0. The van der Waals surface area contributed by atoms with Gasteiger partial charge >= 0.3 is 55.6 Å². The third-order valence-electron chi connectivity index (χ3n) is 3.67. The number of esters is 3. The van der Waals surface area contributed by atoms with Crippen molar-refractivity contribution in [1.82, 2.24) is 0 Å². The van der Waals surface area contributed by atoms with Gasteiger partial charge in [-0.1, -0.05) is 32.9 Å². The quantitative estimate of drug-likeness (QED) is 0.139. The second-order valence-corrected chi connectivity index (χ2v) is 8.09. The molecule has 0 spiro atoms. The summed E-state index contributed by atoms with van der Waals surface area (Å²) in [6.07, 6.45) is 1.35. The number of carbonyl (C=O) groups excluding carboxylic acids is 3. The first-order chi connectivity index (χ1) is 12.8. The molecule has 0 amide bonds. The Morgan fingerprint density at radius 3 is 1.76 bits per heavy atom. The van der Waals surface area contributed by atoms with E-state index in [0.717, 1.165) is 0 Å². The summed E-state index contributed by atoms with van der Waals surface area (Å²) in [6.45, 7) is 10.1. The van der Waals surface area contributed by atoms with Crippen LogP contribution in [0.15, 0.2) is 24.3 Å². The molecule has 0 aliphatic rings. The molecule has 0 aliphatic heterocycles. The van der Waals surface area contributed by atoms with Gasteiger partial charge in [0.15, 0.2) is 0 Å². The minimum absolute atomic E-state index is 0. The van der Waals surface area contributed by atoms with Crippen LogP contribution in [0.3, 0.4) is 0 Å². The van der Waals surface area contributed by atoms with E-state index in [1.165, 1.54) is 13.8 Å². The van der Waals surface area contributed by atoms with E-state index in [0.29, 0.717) is 12.8 Å². The van der Waals surface area contributed by atoms with Crippen molar-refractivity contribution in [3.05, 3.63) is 24.3 Å². The van der Waals surface area contributed by atoms with Gasteiger partial charge in [-0.25, -0.2) is 9.59 Å². The van der Waals surface area contributed by atoms with Gasteiger partial charge in [-0.2, -0.15) is 8.42 Å². The molecule has 0 bridgehead atoms. The van der Waals surface area contributed by atoms with Crippen molar-refractivity contribution < 1.29 is 41.6 Å². The van der Waals surface area contributed by atoms with Crippen LogP contribution < -0.4 is 0 Å². The van der Waals surface area contributed by atoms with Crippen LogP contribution in [0.4, 0.5) is 0 Å². The van der Waals surface area contributed by atoms with Crippen LogP contribution in [0.2, 0.25) is 0 Å². The number of hydrogen-bond donors (Lipinski definition) is 1. The van der Waals surface area contributed by atoms with Gasteiger partial charge in [-0.15, -0.1) is 0 Å². The number of hydrogen-bond acceptors (Lipinski definition) is 8. The Morgan fingerprint density at radius 2 is 1.41 bits per heavy atom. The molecule has 9 nitrogen and oxygen atoms in total. The summed E-state index contributed by atoms with van der Waals surface area (Å²) in [4.78, 5) is 36.2. The molecular weight excluding hydrogens is 432 g/mol. The first-order valence-electron chi connectivity index (χ1n) is 8.62. The van der Waals surface area contributed by atoms with E-state index in [2.05, 4.69) is 13.2 Å². The zero-order valence-electron chi connectivity index (χ0n) is 16.5. The Balaban J connectivity index is 0. The van der Waals surface area contributed by atoms with Crippen LogP contribution in [0.1, 0.15) is 40.0 Å². The summed E-state index contributed by atoms with van der Waals surface area (Å²) in [5, 5.41) is 0. The first kappa shape index (κ1) is 30.3. The molecule has 0 aliphatic carbocycles. The molecule has 0 aromatic carbocycles. The maximum absolute atomic E-state index is 12.7. The molecule has 29 heavy (non-hydrogen) atoms. The fourth-order valence-electron chi connectivity index (χ4n) is 1.97. The minimum atomic E-state index is -4.33. The van der Waals surface area contributed by atoms with E-state index in [4.69, 9.17) is 18.8 Å². The molecule has 0 heterocycles. The number of carbonyl (C=O) groups is 3. The van der Waals surface area contributed by atoms with E-state index in [1.54, 1.807) is 0 Å². The van der Waals surface area contributed by atoms with Gasteiger partial charge in [-0.05, 0) is 20.3 Å². The molecule has 11 heteroatoms. The zero-order valence-corrected chi connectivity index (χ0v) is 17.3. The second-order valence-electron chi connectivity index (χ2n) is 6.52. The van der Waals surface area contributed by atoms with E-state index in [-0.39, 0.29) is 55.3 Å². The van der Waals surface area contributed by atoms with Crippen molar-refractivity contribution in [2.75, 3.05) is 25.6 Å². The topological polar surface area (TPSA) is 133 Å². The van der Waals surface area contributed by atoms with Gasteiger partial charge in [0.05, 0.1) is 0 Å². The van der Waals surface area contributed by atoms with Crippen LogP contribution in [0.25, 0.3) is 0 Å². The standard InChI is InChI=1S/C18H28O9S.Ca.2H/c1-6-7-8-18(11-26-15(19)13(2)3,12-27-16(20)14(4)5)17(21)25-9-10-28(22,23)24;;;/h2,4,6-12H2,1,3,5H3,(H,22,23,24);;;. The zero-order chi connectivity index (χ0) is 22.0. The fourth-order valence-corrected chi connectivity index (χ4v) is 2.26. The van der Waals surface area contributed by atoms with E-state index in [9.17, 15) is 22.8 Å². The Labute approximate surface area is 201 Å². The third-order valence-corrected chi connectivity index (χ3v) is 4.35. The molecule has 1 N–H and O–H groups in total. The summed E-state index contributed by atoms with van der Waals surface area (Å²) in [6, 6.07) is 0. The fraction of sp³-hybridized carbons (Fsp3) is 0.611. The second kappa shape index (κ2) is 14.1. The average Bonchev–Trinajstić information content (AvgIpc) is 2.59. The molecule has 0 aromatic heterocycles. The van der Waals surface area contributed by atoms with Crippen molar-refractivity contribution >= 4 is 65.8 Å². The van der Waals surface area contributed by atoms with Gasteiger partial charge in [0, 0.05) is 11.1 Å². The summed E-state index contributed by atoms with van der Waals surface area (Å²) in [5.74, 6) is -3.18. The Bertz CT molecular complexity index is 683. The predicted molar refractivity (Wildman–Crippen MR) is 109 cm³/mol. The van der Waals surface area contributed by atoms with Crippen LogP contribution in [0.5, 0.6) is 0 Å². The molecule has 164 valence electrons. The number of rotatable bonds is 13. The maximum atomic E-state index is 12.7. The molecule has 0 radical (unpaired) electrons. The molecular formula is C18H30CaO9S. The van der Waals surface area contributed by atoms with Gasteiger partial charge in [-0.3, -0.25) is 9.35 Å². The molecule has 0 saturated carbocycles. The average molecular weight is 463 g/mol. The summed E-state index contributed by atoms with van der Waals surface area (Å²) < 4.78 is 45.6. The normalized spacial score (nSPS) is 11.0. The monoisotopic (exact) mass is 462 g/mol. The van der Waals surface area contributed by atoms with Crippen molar-refractivity contribution in [3.8, 4) is 0 Å². The number of ether oxygens (including phenoxy) is 3. The molecule has 0 saturated heterocycles. The van der Waals surface area contributed by atoms with Crippen LogP contribution >= 0.6 is 0 Å². The van der Waals surface area contributed by atoms with Crippen molar-refractivity contribution in [2.24, 2.45) is 5.41 Å². The van der Waals surface area contributed by atoms with Gasteiger partial charge in [0.25, 0.3) is 10.1 Å². The van der Waals surface area contributed by atoms with E-state index >= 15 is 0 Å². The first-order valence-corrected chi connectivity index (χ1v) is 10.2.